The van der Waals surface area contributed by atoms with Crippen molar-refractivity contribution in [1.82, 2.24) is 4.98 Å². The lowest BCUT2D eigenvalue weighted by molar-refractivity contribution is 0.170. The van der Waals surface area contributed by atoms with E-state index in [1.54, 1.807) is 0 Å². The molecule has 0 fully saturated rings. The van der Waals surface area contributed by atoms with Gasteiger partial charge in [-0.3, -0.25) is 0 Å². The Hall–Kier alpha value is -1.47. The number of aromatic nitrogens is 1. The predicted molar refractivity (Wildman–Crippen MR) is 59.6 cm³/mol. The third-order valence-corrected chi connectivity index (χ3v) is 2.14. The van der Waals surface area contributed by atoms with Gasteiger partial charge in [0.1, 0.15) is 0 Å². The van der Waals surface area contributed by atoms with Crippen LogP contribution in [0.25, 0.3) is 0 Å². The molecule has 0 aliphatic heterocycles. The number of nitrogens with two attached hydrogens (primary N) is 1. The van der Waals surface area contributed by atoms with E-state index < -0.39 is 11.6 Å². The van der Waals surface area contributed by atoms with E-state index in [0.717, 1.165) is 0 Å². The Bertz CT molecular complexity index is 371. The predicted octanol–water partition coefficient (Wildman–Crippen LogP) is 0.751. The first-order valence-electron chi connectivity index (χ1n) is 5.06. The lowest BCUT2D eigenvalue weighted by atomic mass is 10.2. The minimum absolute atomic E-state index is 0.0840. The number of nitrogens with one attached hydrogen (secondary N) is 1. The number of anilines is 2. The third kappa shape index (κ3) is 3.79. The lowest BCUT2D eigenvalue weighted by Crippen LogP contribution is -2.27. The molecule has 1 aromatic heterocycles. The maximum Gasteiger partial charge on any atom is 0.168 e. The van der Waals surface area contributed by atoms with Crippen LogP contribution in [-0.4, -0.2) is 36.5 Å². The molecule has 0 aromatic carbocycles. The van der Waals surface area contributed by atoms with Crippen molar-refractivity contribution in [2.24, 2.45) is 0 Å². The maximum atomic E-state index is 13.3. The van der Waals surface area contributed by atoms with Crippen LogP contribution >= 0.6 is 0 Å². The van der Waals surface area contributed by atoms with E-state index in [0.29, 0.717) is 12.5 Å². The summed E-state index contributed by atoms with van der Waals surface area (Å²) in [5.41, 5.74) is 5.24. The summed E-state index contributed by atoms with van der Waals surface area (Å²) in [6, 6.07) is 0.338. The molecule has 1 rings (SSSR count). The second kappa shape index (κ2) is 6.31. The van der Waals surface area contributed by atoms with Gasteiger partial charge in [-0.05, 0) is 6.42 Å². The normalized spacial score (nSPS) is 12.5. The quantitative estimate of drug-likeness (QED) is 0.691. The van der Waals surface area contributed by atoms with Crippen LogP contribution in [-0.2, 0) is 4.74 Å². The van der Waals surface area contributed by atoms with Crippen LogP contribution < -0.4 is 11.1 Å². The number of hydrogen-bond donors (Lipinski definition) is 3. The summed E-state index contributed by atoms with van der Waals surface area (Å²) in [6.07, 6.45) is 0.353. The van der Waals surface area contributed by atoms with Gasteiger partial charge < -0.3 is 20.9 Å². The van der Waals surface area contributed by atoms with E-state index in [4.69, 9.17) is 15.6 Å². The van der Waals surface area contributed by atoms with Crippen molar-refractivity contribution in [3.05, 3.63) is 17.7 Å². The number of ether oxygens (including phenoxy) is 1. The molecule has 7 heteroatoms. The highest BCUT2D eigenvalue weighted by atomic mass is 19.1. The van der Waals surface area contributed by atoms with E-state index in [1.807, 2.05) is 0 Å². The van der Waals surface area contributed by atoms with Crippen molar-refractivity contribution in [1.29, 1.82) is 0 Å². The monoisotopic (exact) mass is 247 g/mol. The molecule has 0 spiro atoms. The minimum Gasteiger partial charge on any atom is -0.396 e. The zero-order valence-corrected chi connectivity index (χ0v) is 9.41. The van der Waals surface area contributed by atoms with Crippen LogP contribution in [0.1, 0.15) is 6.42 Å². The summed E-state index contributed by atoms with van der Waals surface area (Å²) in [4.78, 5) is 3.56. The molecular formula is C10H15F2N3O2. The van der Waals surface area contributed by atoms with Gasteiger partial charge >= 0.3 is 0 Å². The summed E-state index contributed by atoms with van der Waals surface area (Å²) in [7, 11) is 1.48. The fourth-order valence-electron chi connectivity index (χ4n) is 1.33. The number of nitrogen functional groups attached to an aromatic ring is 1. The first kappa shape index (κ1) is 13.6. The summed E-state index contributed by atoms with van der Waals surface area (Å²) in [6.45, 7) is 0.179. The Morgan fingerprint density at radius 3 is 2.82 bits per heavy atom. The van der Waals surface area contributed by atoms with E-state index in [1.165, 1.54) is 7.11 Å². The number of rotatable bonds is 6. The largest absolute Gasteiger partial charge is 0.396 e. The smallest absolute Gasteiger partial charge is 0.168 e. The molecule has 0 bridgehead atoms. The van der Waals surface area contributed by atoms with E-state index in [2.05, 4.69) is 10.3 Å². The van der Waals surface area contributed by atoms with Gasteiger partial charge in [-0.2, -0.15) is 0 Å². The molecule has 0 saturated carbocycles. The molecule has 0 radical (unpaired) electrons. The minimum atomic E-state index is -0.904. The summed E-state index contributed by atoms with van der Waals surface area (Å²) >= 11 is 0. The van der Waals surface area contributed by atoms with Crippen LogP contribution in [0, 0.1) is 11.6 Å². The lowest BCUT2D eigenvalue weighted by Gasteiger charge is -2.18. The second-order valence-corrected chi connectivity index (χ2v) is 3.49. The van der Waals surface area contributed by atoms with Gasteiger partial charge in [-0.25, -0.2) is 13.8 Å². The first-order valence-corrected chi connectivity index (χ1v) is 5.06. The molecule has 0 aliphatic rings. The maximum absolute atomic E-state index is 13.3. The summed E-state index contributed by atoms with van der Waals surface area (Å²) in [5.74, 6) is -2.28. The van der Waals surface area contributed by atoms with Crippen LogP contribution in [0.15, 0.2) is 6.07 Å². The highest BCUT2D eigenvalue weighted by molar-refractivity contribution is 5.45. The van der Waals surface area contributed by atoms with Crippen molar-refractivity contribution in [3.8, 4) is 0 Å². The number of pyridine rings is 1. The van der Waals surface area contributed by atoms with Crippen molar-refractivity contribution in [2.75, 3.05) is 31.4 Å². The van der Waals surface area contributed by atoms with Crippen LogP contribution in [0.3, 0.4) is 0 Å². The van der Waals surface area contributed by atoms with Crippen molar-refractivity contribution in [3.63, 3.8) is 0 Å². The highest BCUT2D eigenvalue weighted by Gasteiger charge is 2.14. The molecule has 0 aliphatic carbocycles. The number of aliphatic hydroxyl groups excluding tert-OH is 1. The Labute approximate surface area is 97.6 Å². The van der Waals surface area contributed by atoms with Crippen LogP contribution in [0.4, 0.5) is 20.4 Å². The van der Waals surface area contributed by atoms with Gasteiger partial charge in [0.25, 0.3) is 0 Å². The molecule has 96 valence electrons. The molecule has 1 atom stereocenters. The van der Waals surface area contributed by atoms with E-state index in [9.17, 15) is 8.78 Å². The molecule has 0 amide bonds. The Kier molecular flexibility index (Phi) is 5.05. The van der Waals surface area contributed by atoms with Crippen molar-refractivity contribution < 1.29 is 18.6 Å². The standard InChI is InChI=1S/C10H15F2N3O2/c1-17-5-6(2-3-16)14-10-8(12)4-7(11)9(13)15-10/h4,6,16H,2-3,5H2,1H3,(H3,13,14,15). The summed E-state index contributed by atoms with van der Waals surface area (Å²) < 4.78 is 31.1. The molecule has 1 unspecified atom stereocenters. The van der Waals surface area contributed by atoms with Gasteiger partial charge in [0.15, 0.2) is 23.3 Å². The Morgan fingerprint density at radius 1 is 1.53 bits per heavy atom. The van der Waals surface area contributed by atoms with Gasteiger partial charge in [0.05, 0.1) is 12.6 Å². The Morgan fingerprint density at radius 2 is 2.24 bits per heavy atom. The van der Waals surface area contributed by atoms with E-state index >= 15 is 0 Å². The van der Waals surface area contributed by atoms with Crippen LogP contribution in [0.5, 0.6) is 0 Å². The summed E-state index contributed by atoms with van der Waals surface area (Å²) in [5, 5.41) is 11.5. The second-order valence-electron chi connectivity index (χ2n) is 3.49. The Balaban J connectivity index is 2.81. The number of nitrogens with zero attached hydrogens (tertiary/aromatic N) is 1. The number of halogens is 2. The average molecular weight is 247 g/mol. The van der Waals surface area contributed by atoms with Gasteiger partial charge in [-0.15, -0.1) is 0 Å². The number of hydrogen-bond acceptors (Lipinski definition) is 5. The molecular weight excluding hydrogens is 232 g/mol. The highest BCUT2D eigenvalue weighted by Crippen LogP contribution is 2.17. The molecule has 5 nitrogen and oxygen atoms in total. The van der Waals surface area contributed by atoms with Crippen molar-refractivity contribution >= 4 is 11.6 Å². The van der Waals surface area contributed by atoms with Gasteiger partial charge in [0.2, 0.25) is 0 Å². The molecule has 4 N–H and O–H groups in total. The first-order chi connectivity index (χ1) is 8.08. The van der Waals surface area contributed by atoms with E-state index in [-0.39, 0.29) is 30.9 Å². The average Bonchev–Trinajstić information content (AvgIpc) is 2.26. The topological polar surface area (TPSA) is 80.4 Å². The number of methoxy groups -OCH3 is 1. The van der Waals surface area contributed by atoms with Gasteiger partial charge in [0, 0.05) is 19.8 Å². The zero-order chi connectivity index (χ0) is 12.8. The molecule has 1 heterocycles. The van der Waals surface area contributed by atoms with Crippen molar-refractivity contribution in [2.45, 2.75) is 12.5 Å². The zero-order valence-electron chi connectivity index (χ0n) is 9.41. The molecule has 1 aromatic rings. The molecule has 0 saturated heterocycles. The van der Waals surface area contributed by atoms with Crippen LogP contribution in [0.2, 0.25) is 0 Å². The number of aliphatic hydroxyl groups is 1. The SMILES string of the molecule is COCC(CCO)Nc1nc(N)c(F)cc1F. The van der Waals surface area contributed by atoms with Gasteiger partial charge in [-0.1, -0.05) is 0 Å². The third-order valence-electron chi connectivity index (χ3n) is 2.14. The fourth-order valence-corrected chi connectivity index (χ4v) is 1.33. The molecule has 17 heavy (non-hydrogen) atoms. The fraction of sp³-hybridized carbons (Fsp3) is 0.500.